The van der Waals surface area contributed by atoms with Crippen molar-refractivity contribution in [3.8, 4) is 5.75 Å². The molecule has 6 heteroatoms. The summed E-state index contributed by atoms with van der Waals surface area (Å²) in [7, 11) is 0. The first kappa shape index (κ1) is 19.2. The average molecular weight is 377 g/mol. The minimum Gasteiger partial charge on any atom is -0.492 e. The summed E-state index contributed by atoms with van der Waals surface area (Å²) in [5.41, 5.74) is 2.66. The first-order chi connectivity index (χ1) is 13.6. The molecule has 2 N–H and O–H groups in total. The first-order valence-corrected chi connectivity index (χ1v) is 9.11. The third kappa shape index (κ3) is 4.79. The molecule has 2 aromatic carbocycles. The number of anilines is 2. The van der Waals surface area contributed by atoms with Crippen LogP contribution in [0.2, 0.25) is 0 Å². The second kappa shape index (κ2) is 8.90. The van der Waals surface area contributed by atoms with Crippen LogP contribution < -0.4 is 20.9 Å². The van der Waals surface area contributed by atoms with Crippen LogP contribution in [0.5, 0.6) is 5.75 Å². The van der Waals surface area contributed by atoms with Crippen LogP contribution in [0.4, 0.5) is 16.2 Å². The van der Waals surface area contributed by atoms with Crippen LogP contribution in [-0.2, 0) is 6.54 Å². The highest BCUT2D eigenvalue weighted by Gasteiger charge is 2.10. The molecule has 0 radical (unpaired) electrons. The lowest BCUT2D eigenvalue weighted by Crippen LogP contribution is -2.28. The van der Waals surface area contributed by atoms with Crippen molar-refractivity contribution in [1.29, 1.82) is 0 Å². The average Bonchev–Trinajstić information content (AvgIpc) is 2.68. The predicted octanol–water partition coefficient (Wildman–Crippen LogP) is 4.25. The summed E-state index contributed by atoms with van der Waals surface area (Å²) in [6.45, 7) is 4.81. The Morgan fingerprint density at radius 1 is 0.964 bits per heavy atom. The molecular weight excluding hydrogens is 354 g/mol. The van der Waals surface area contributed by atoms with Crippen molar-refractivity contribution in [2.24, 2.45) is 0 Å². The van der Waals surface area contributed by atoms with Crippen molar-refractivity contribution in [2.75, 3.05) is 17.2 Å². The van der Waals surface area contributed by atoms with Gasteiger partial charge in [0, 0.05) is 6.20 Å². The summed E-state index contributed by atoms with van der Waals surface area (Å²) in [6.07, 6.45) is 1.70. The zero-order valence-electron chi connectivity index (χ0n) is 15.9. The van der Waals surface area contributed by atoms with Crippen LogP contribution in [-0.4, -0.2) is 17.2 Å². The fraction of sp³-hybridized carbons (Fsp3) is 0.182. The van der Waals surface area contributed by atoms with E-state index >= 15 is 0 Å². The van der Waals surface area contributed by atoms with E-state index in [2.05, 4.69) is 10.6 Å². The molecule has 28 heavy (non-hydrogen) atoms. The Bertz CT molecular complexity index is 1010. The number of amides is 2. The van der Waals surface area contributed by atoms with Crippen LogP contribution >= 0.6 is 0 Å². The minimum atomic E-state index is -0.502. The van der Waals surface area contributed by atoms with Gasteiger partial charge in [-0.3, -0.25) is 4.79 Å². The molecule has 3 rings (SSSR count). The second-order valence-electron chi connectivity index (χ2n) is 6.35. The van der Waals surface area contributed by atoms with Crippen molar-refractivity contribution >= 4 is 17.4 Å². The molecule has 0 saturated heterocycles. The number of pyridine rings is 1. The van der Waals surface area contributed by atoms with Gasteiger partial charge in [0.1, 0.15) is 11.4 Å². The number of para-hydroxylation sites is 2. The molecule has 6 nitrogen and oxygen atoms in total. The van der Waals surface area contributed by atoms with Gasteiger partial charge in [0.15, 0.2) is 0 Å². The lowest BCUT2D eigenvalue weighted by molar-refractivity contribution is 0.262. The number of aromatic nitrogens is 1. The van der Waals surface area contributed by atoms with E-state index < -0.39 is 6.03 Å². The molecule has 0 aliphatic carbocycles. The van der Waals surface area contributed by atoms with Gasteiger partial charge in [0.25, 0.3) is 5.56 Å². The number of nitrogens with one attached hydrogen (secondary N) is 2. The highest BCUT2D eigenvalue weighted by molar-refractivity contribution is 6.00. The van der Waals surface area contributed by atoms with Gasteiger partial charge in [-0.25, -0.2) is 4.79 Å². The van der Waals surface area contributed by atoms with E-state index in [1.807, 2.05) is 44.2 Å². The Hall–Kier alpha value is -3.54. The van der Waals surface area contributed by atoms with Crippen molar-refractivity contribution in [3.63, 3.8) is 0 Å². The molecule has 0 bridgehead atoms. The van der Waals surface area contributed by atoms with Gasteiger partial charge in [-0.1, -0.05) is 42.0 Å². The molecule has 0 aliphatic heterocycles. The Morgan fingerprint density at radius 3 is 2.39 bits per heavy atom. The van der Waals surface area contributed by atoms with E-state index in [1.165, 1.54) is 0 Å². The number of rotatable bonds is 6. The monoisotopic (exact) mass is 377 g/mol. The zero-order valence-corrected chi connectivity index (χ0v) is 15.9. The minimum absolute atomic E-state index is 0.209. The van der Waals surface area contributed by atoms with E-state index in [-0.39, 0.29) is 11.2 Å². The maximum atomic E-state index is 12.7. The SMILES string of the molecule is CCOc1ccccc1NC(=O)Nc1cccn(Cc2ccc(C)cc2)c1=O. The van der Waals surface area contributed by atoms with Crippen LogP contribution in [0.3, 0.4) is 0 Å². The number of nitrogens with zero attached hydrogens (tertiary/aromatic N) is 1. The molecule has 3 aromatic rings. The smallest absolute Gasteiger partial charge is 0.323 e. The highest BCUT2D eigenvalue weighted by Crippen LogP contribution is 2.23. The number of carbonyl (C=O) groups is 1. The Morgan fingerprint density at radius 2 is 1.64 bits per heavy atom. The maximum absolute atomic E-state index is 12.7. The van der Waals surface area contributed by atoms with E-state index in [1.54, 1.807) is 41.1 Å². The van der Waals surface area contributed by atoms with Gasteiger partial charge in [-0.05, 0) is 43.7 Å². The number of benzene rings is 2. The molecule has 144 valence electrons. The summed E-state index contributed by atoms with van der Waals surface area (Å²) >= 11 is 0. The third-order valence-corrected chi connectivity index (χ3v) is 4.18. The highest BCUT2D eigenvalue weighted by atomic mass is 16.5. The summed E-state index contributed by atoms with van der Waals surface area (Å²) in [4.78, 5) is 25.1. The van der Waals surface area contributed by atoms with Crippen LogP contribution in [0.1, 0.15) is 18.1 Å². The van der Waals surface area contributed by atoms with Crippen molar-refractivity contribution in [1.82, 2.24) is 4.57 Å². The lowest BCUT2D eigenvalue weighted by atomic mass is 10.1. The van der Waals surface area contributed by atoms with Crippen molar-refractivity contribution in [2.45, 2.75) is 20.4 Å². The molecule has 0 spiro atoms. The largest absolute Gasteiger partial charge is 0.492 e. The van der Waals surface area contributed by atoms with Crippen LogP contribution in [0.15, 0.2) is 71.7 Å². The summed E-state index contributed by atoms with van der Waals surface area (Å²) in [5, 5.41) is 5.35. The molecule has 1 heterocycles. The summed E-state index contributed by atoms with van der Waals surface area (Å²) < 4.78 is 7.06. The molecule has 2 amide bonds. The normalized spacial score (nSPS) is 10.4. The number of hydrogen-bond acceptors (Lipinski definition) is 3. The molecule has 0 atom stereocenters. The Labute approximate surface area is 163 Å². The standard InChI is InChI=1S/C22H23N3O3/c1-3-28-20-9-5-4-7-18(20)23-22(27)24-19-8-6-14-25(21(19)26)15-17-12-10-16(2)11-13-17/h4-14H,3,15H2,1-2H3,(H2,23,24,27). The fourth-order valence-corrected chi connectivity index (χ4v) is 2.77. The van der Waals surface area contributed by atoms with Crippen molar-refractivity contribution in [3.05, 3.63) is 88.3 Å². The number of aryl methyl sites for hydroxylation is 1. The lowest BCUT2D eigenvalue weighted by Gasteiger charge is -2.13. The molecule has 0 unspecified atom stereocenters. The van der Waals surface area contributed by atoms with Crippen LogP contribution in [0, 0.1) is 6.92 Å². The molecule has 0 fully saturated rings. The summed E-state index contributed by atoms with van der Waals surface area (Å²) in [5.74, 6) is 0.574. The maximum Gasteiger partial charge on any atom is 0.323 e. The molecular formula is C22H23N3O3. The number of urea groups is 1. The van der Waals surface area contributed by atoms with Gasteiger partial charge in [0.05, 0.1) is 18.8 Å². The predicted molar refractivity (Wildman–Crippen MR) is 111 cm³/mol. The van der Waals surface area contributed by atoms with Crippen molar-refractivity contribution < 1.29 is 9.53 Å². The fourth-order valence-electron chi connectivity index (χ4n) is 2.77. The van der Waals surface area contributed by atoms with Gasteiger partial charge >= 0.3 is 6.03 Å². The molecule has 1 aromatic heterocycles. The first-order valence-electron chi connectivity index (χ1n) is 9.11. The Balaban J connectivity index is 1.73. The quantitative estimate of drug-likeness (QED) is 0.675. The van der Waals surface area contributed by atoms with Gasteiger partial charge < -0.3 is 19.9 Å². The number of carbonyl (C=O) groups excluding carboxylic acids is 1. The topological polar surface area (TPSA) is 72.4 Å². The van der Waals surface area contributed by atoms with Gasteiger partial charge in [0.2, 0.25) is 0 Å². The molecule has 0 saturated carbocycles. The molecule has 0 aliphatic rings. The van der Waals surface area contributed by atoms with E-state index in [9.17, 15) is 9.59 Å². The summed E-state index contributed by atoms with van der Waals surface area (Å²) in [6, 6.07) is 17.9. The van der Waals surface area contributed by atoms with Crippen LogP contribution in [0.25, 0.3) is 0 Å². The van der Waals surface area contributed by atoms with E-state index in [4.69, 9.17) is 4.74 Å². The van der Waals surface area contributed by atoms with E-state index in [0.717, 1.165) is 11.1 Å². The van der Waals surface area contributed by atoms with Gasteiger partial charge in [-0.2, -0.15) is 0 Å². The zero-order chi connectivity index (χ0) is 19.9. The van der Waals surface area contributed by atoms with Gasteiger partial charge in [-0.15, -0.1) is 0 Å². The number of ether oxygens (including phenoxy) is 1. The third-order valence-electron chi connectivity index (χ3n) is 4.18. The Kier molecular flexibility index (Phi) is 6.11. The van der Waals surface area contributed by atoms with E-state index in [0.29, 0.717) is 24.6 Å². The number of hydrogen-bond donors (Lipinski definition) is 2. The second-order valence-corrected chi connectivity index (χ2v) is 6.35.